The van der Waals surface area contributed by atoms with Crippen LogP contribution in [-0.2, 0) is 16.1 Å². The summed E-state index contributed by atoms with van der Waals surface area (Å²) in [6.07, 6.45) is 0. The molecule has 0 bridgehead atoms. The molecule has 5 aromatic rings. The van der Waals surface area contributed by atoms with Crippen molar-refractivity contribution in [1.29, 1.82) is 0 Å². The molecule has 0 spiro atoms. The summed E-state index contributed by atoms with van der Waals surface area (Å²) in [6, 6.07) is 42.8. The third-order valence-corrected chi connectivity index (χ3v) is 6.58. The van der Waals surface area contributed by atoms with Gasteiger partial charge in [0.2, 0.25) is 0 Å². The second-order valence-electron chi connectivity index (χ2n) is 9.00. The van der Waals surface area contributed by atoms with Gasteiger partial charge in [-0.05, 0) is 54.3 Å². The maximum atomic E-state index is 7.17. The molecule has 0 radical (unpaired) electrons. The Bertz CT molecular complexity index is 1510. The van der Waals surface area contributed by atoms with Crippen molar-refractivity contribution in [2.24, 2.45) is 0 Å². The van der Waals surface area contributed by atoms with E-state index in [9.17, 15) is 0 Å². The van der Waals surface area contributed by atoms with Gasteiger partial charge in [0.05, 0.1) is 0 Å². The summed E-state index contributed by atoms with van der Waals surface area (Å²) in [7, 11) is 0. The third-order valence-electron chi connectivity index (χ3n) is 6.58. The molecule has 36 heavy (non-hydrogen) atoms. The zero-order valence-electron chi connectivity index (χ0n) is 19.9. The maximum Gasteiger partial charge on any atom is 0.196 e. The molecule has 0 saturated carbocycles. The Morgan fingerprint density at radius 3 is 1.86 bits per heavy atom. The van der Waals surface area contributed by atoms with E-state index in [0.29, 0.717) is 11.5 Å². The maximum absolute atomic E-state index is 7.17. The second-order valence-corrected chi connectivity index (χ2v) is 9.00. The Kier molecular flexibility index (Phi) is 5.45. The average molecular weight is 468 g/mol. The monoisotopic (exact) mass is 467 g/mol. The molecule has 1 aromatic heterocycles. The smallest absolute Gasteiger partial charge is 0.196 e. The van der Waals surface area contributed by atoms with Crippen molar-refractivity contribution in [1.82, 2.24) is 0 Å². The minimum Gasteiger partial charge on any atom is -0.448 e. The van der Waals surface area contributed by atoms with E-state index in [1.165, 1.54) is 0 Å². The lowest BCUT2D eigenvalue weighted by Gasteiger charge is -2.48. The van der Waals surface area contributed by atoms with Gasteiger partial charge < -0.3 is 14.5 Å². The summed E-state index contributed by atoms with van der Waals surface area (Å²) in [5, 5.41) is 3.61. The molecule has 1 atom stereocenters. The van der Waals surface area contributed by atoms with Crippen LogP contribution in [0.25, 0.3) is 0 Å². The van der Waals surface area contributed by atoms with Gasteiger partial charge in [0.25, 0.3) is 0 Å². The van der Waals surface area contributed by atoms with Crippen molar-refractivity contribution >= 4 is 5.69 Å². The van der Waals surface area contributed by atoms with Crippen LogP contribution in [-0.4, -0.2) is 0 Å². The molecule has 0 fully saturated rings. The number of nitrogens with one attached hydrogen (secondary N) is 1. The first-order valence-electron chi connectivity index (χ1n) is 12.0. The quantitative estimate of drug-likeness (QED) is 0.283. The molecule has 3 heteroatoms. The lowest BCUT2D eigenvalue weighted by molar-refractivity contribution is -0.119. The number of para-hydroxylation sites is 1. The number of ether oxygens (including phenoxy) is 1. The van der Waals surface area contributed by atoms with Crippen LogP contribution in [0, 0.1) is 11.8 Å². The number of anilines is 1. The SMILES string of the molecule is C[C@]1(c2ccc(C#Cc3ccccc3)o2)Nc2ccccc2C(c2ccccc2)(c2ccccc2)O1. The molecule has 1 N–H and O–H groups in total. The molecule has 1 aliphatic heterocycles. The normalized spacial score (nSPS) is 17.8. The lowest BCUT2D eigenvalue weighted by atomic mass is 9.77. The minimum absolute atomic E-state index is 0.587. The van der Waals surface area contributed by atoms with Crippen molar-refractivity contribution in [2.75, 3.05) is 5.32 Å². The molecule has 0 saturated heterocycles. The number of rotatable bonds is 3. The van der Waals surface area contributed by atoms with Gasteiger partial charge in [0.1, 0.15) is 5.60 Å². The van der Waals surface area contributed by atoms with Gasteiger partial charge in [-0.25, -0.2) is 0 Å². The van der Waals surface area contributed by atoms with Crippen molar-refractivity contribution in [3.63, 3.8) is 0 Å². The fraction of sp³-hybridized carbons (Fsp3) is 0.0909. The Morgan fingerprint density at radius 2 is 1.19 bits per heavy atom. The first-order chi connectivity index (χ1) is 17.7. The van der Waals surface area contributed by atoms with E-state index in [4.69, 9.17) is 9.15 Å². The van der Waals surface area contributed by atoms with Crippen molar-refractivity contribution in [3.8, 4) is 11.8 Å². The van der Waals surface area contributed by atoms with Crippen LogP contribution in [0.1, 0.15) is 40.7 Å². The fourth-order valence-corrected chi connectivity index (χ4v) is 4.91. The van der Waals surface area contributed by atoms with Gasteiger partial charge in [-0.1, -0.05) is 103 Å². The minimum atomic E-state index is -0.952. The average Bonchev–Trinajstić information content (AvgIpc) is 3.43. The van der Waals surface area contributed by atoms with Crippen molar-refractivity contribution in [3.05, 3.63) is 161 Å². The molecule has 3 nitrogen and oxygen atoms in total. The van der Waals surface area contributed by atoms with Crippen molar-refractivity contribution in [2.45, 2.75) is 18.2 Å². The topological polar surface area (TPSA) is 34.4 Å². The second kappa shape index (κ2) is 8.92. The molecule has 0 amide bonds. The highest BCUT2D eigenvalue weighted by atomic mass is 16.6. The van der Waals surface area contributed by atoms with Gasteiger partial charge in [-0.3, -0.25) is 0 Å². The summed E-state index contributed by atoms with van der Waals surface area (Å²) in [5.74, 6) is 7.55. The van der Waals surface area contributed by atoms with Crippen LogP contribution in [0.4, 0.5) is 5.69 Å². The standard InChI is InChI=1S/C33H25NO2/c1-32(31-24-23-28(35-31)22-21-25-13-5-2-6-14-25)34-30-20-12-11-19-29(30)33(36-32,26-15-7-3-8-16-26)27-17-9-4-10-18-27/h2-20,23-24,34H,1H3/t32-/m0/s1. The van der Waals surface area contributed by atoms with Gasteiger partial charge in [0.15, 0.2) is 17.2 Å². The molecule has 1 aliphatic rings. The van der Waals surface area contributed by atoms with Gasteiger partial charge in [-0.15, -0.1) is 0 Å². The van der Waals surface area contributed by atoms with Gasteiger partial charge >= 0.3 is 0 Å². The van der Waals surface area contributed by atoms with Crippen LogP contribution in [0.15, 0.2) is 132 Å². The van der Waals surface area contributed by atoms with Crippen LogP contribution in [0.5, 0.6) is 0 Å². The van der Waals surface area contributed by atoms with E-state index in [1.54, 1.807) is 0 Å². The molecular weight excluding hydrogens is 442 g/mol. The molecule has 6 rings (SSSR count). The molecule has 0 unspecified atom stereocenters. The number of furan rings is 1. The zero-order valence-corrected chi connectivity index (χ0v) is 19.9. The fourth-order valence-electron chi connectivity index (χ4n) is 4.91. The Balaban J connectivity index is 1.50. The highest BCUT2D eigenvalue weighted by Gasteiger charge is 2.50. The first kappa shape index (κ1) is 22.0. The van der Waals surface area contributed by atoms with Crippen LogP contribution in [0.2, 0.25) is 0 Å². The van der Waals surface area contributed by atoms with Crippen molar-refractivity contribution < 1.29 is 9.15 Å². The molecule has 174 valence electrons. The third kappa shape index (κ3) is 3.79. The lowest BCUT2D eigenvalue weighted by Crippen LogP contribution is -2.49. The first-order valence-corrected chi connectivity index (χ1v) is 12.0. The number of hydrogen-bond donors (Lipinski definition) is 1. The Morgan fingerprint density at radius 1 is 0.611 bits per heavy atom. The largest absolute Gasteiger partial charge is 0.448 e. The number of hydrogen-bond acceptors (Lipinski definition) is 3. The van der Waals surface area contributed by atoms with E-state index in [1.807, 2.05) is 67.6 Å². The Labute approximate surface area is 211 Å². The molecular formula is C33H25NO2. The summed E-state index contributed by atoms with van der Waals surface area (Å²) < 4.78 is 13.4. The summed E-state index contributed by atoms with van der Waals surface area (Å²) >= 11 is 0. The van der Waals surface area contributed by atoms with E-state index in [2.05, 4.69) is 83.9 Å². The van der Waals surface area contributed by atoms with Gasteiger partial charge in [-0.2, -0.15) is 0 Å². The highest BCUT2D eigenvalue weighted by molar-refractivity contribution is 5.64. The van der Waals surface area contributed by atoms with E-state index in [-0.39, 0.29) is 0 Å². The van der Waals surface area contributed by atoms with E-state index >= 15 is 0 Å². The predicted molar refractivity (Wildman–Crippen MR) is 142 cm³/mol. The number of fused-ring (bicyclic) bond motifs is 1. The van der Waals surface area contributed by atoms with Crippen LogP contribution < -0.4 is 5.32 Å². The zero-order chi connectivity index (χ0) is 24.4. The molecule has 2 heterocycles. The molecule has 0 aliphatic carbocycles. The number of benzene rings is 4. The van der Waals surface area contributed by atoms with Crippen LogP contribution >= 0.6 is 0 Å². The van der Waals surface area contributed by atoms with Gasteiger partial charge in [0, 0.05) is 16.8 Å². The molecule has 4 aromatic carbocycles. The van der Waals surface area contributed by atoms with E-state index in [0.717, 1.165) is 27.9 Å². The van der Waals surface area contributed by atoms with E-state index < -0.39 is 11.3 Å². The summed E-state index contributed by atoms with van der Waals surface area (Å²) in [4.78, 5) is 0. The summed E-state index contributed by atoms with van der Waals surface area (Å²) in [5.41, 5.74) is 3.28. The summed E-state index contributed by atoms with van der Waals surface area (Å²) in [6.45, 7) is 2.01. The Hall–Kier alpha value is -4.52. The highest BCUT2D eigenvalue weighted by Crippen LogP contribution is 2.52. The predicted octanol–water partition coefficient (Wildman–Crippen LogP) is 7.29. The van der Waals surface area contributed by atoms with Crippen LogP contribution in [0.3, 0.4) is 0 Å².